The fourth-order valence-electron chi connectivity index (χ4n) is 3.81. The Labute approximate surface area is 146 Å². The molecular formula is C18H22ClNO4. The number of Topliss-reactive ketones (excluding diaryl/α,β-unsaturated/α-hetero) is 1. The lowest BCUT2D eigenvalue weighted by Crippen LogP contribution is -2.48. The van der Waals surface area contributed by atoms with Crippen molar-refractivity contribution in [3.8, 4) is 0 Å². The second kappa shape index (κ2) is 6.47. The number of hydroxylamine groups is 2. The Morgan fingerprint density at radius 3 is 2.38 bits per heavy atom. The minimum atomic E-state index is -1.01. The minimum Gasteiger partial charge on any atom is -0.450 e. The molecule has 0 aromatic heterocycles. The van der Waals surface area contributed by atoms with Gasteiger partial charge in [-0.15, -0.1) is 0 Å². The van der Waals surface area contributed by atoms with Crippen LogP contribution in [0.5, 0.6) is 0 Å². The highest BCUT2D eigenvalue weighted by atomic mass is 35.5. The fourth-order valence-corrected chi connectivity index (χ4v) is 4.13. The highest BCUT2D eigenvalue weighted by Gasteiger charge is 2.57. The number of carbonyl (C=O) groups excluding carboxylic acids is 2. The molecule has 2 aliphatic rings. The number of rotatable bonds is 3. The van der Waals surface area contributed by atoms with Crippen LogP contribution in [-0.2, 0) is 19.2 Å². The minimum absolute atomic E-state index is 0.128. The van der Waals surface area contributed by atoms with Crippen LogP contribution in [-0.4, -0.2) is 42.1 Å². The van der Waals surface area contributed by atoms with Crippen molar-refractivity contribution in [3.63, 3.8) is 0 Å². The maximum Gasteiger partial charge on any atom is 0.322 e. The molecule has 130 valence electrons. The van der Waals surface area contributed by atoms with Crippen LogP contribution < -0.4 is 0 Å². The third-order valence-electron chi connectivity index (χ3n) is 4.93. The highest BCUT2D eigenvalue weighted by Crippen LogP contribution is 2.42. The molecule has 1 aromatic carbocycles. The van der Waals surface area contributed by atoms with Crippen LogP contribution >= 0.6 is 11.6 Å². The first kappa shape index (κ1) is 17.4. The monoisotopic (exact) mass is 351 g/mol. The molecule has 0 aliphatic carbocycles. The Morgan fingerprint density at radius 2 is 1.83 bits per heavy atom. The summed E-state index contributed by atoms with van der Waals surface area (Å²) in [7, 11) is 0. The Balaban J connectivity index is 1.88. The quantitative estimate of drug-likeness (QED) is 0.619. The zero-order chi connectivity index (χ0) is 17.5. The lowest BCUT2D eigenvalue weighted by atomic mass is 9.80. The predicted molar refractivity (Wildman–Crippen MR) is 89.9 cm³/mol. The summed E-state index contributed by atoms with van der Waals surface area (Å²) >= 11 is 6.07. The van der Waals surface area contributed by atoms with E-state index >= 15 is 0 Å². The van der Waals surface area contributed by atoms with Gasteiger partial charge in [-0.3, -0.25) is 14.4 Å². The van der Waals surface area contributed by atoms with E-state index in [4.69, 9.17) is 21.2 Å². The lowest BCUT2D eigenvalue weighted by molar-refractivity contribution is -0.195. The number of piperidine rings is 1. The van der Waals surface area contributed by atoms with Crippen LogP contribution in [0.1, 0.15) is 42.4 Å². The molecule has 1 unspecified atom stereocenters. The molecule has 5 nitrogen and oxygen atoms in total. The molecule has 1 spiro atoms. The van der Waals surface area contributed by atoms with E-state index < -0.39 is 17.5 Å². The zero-order valence-electron chi connectivity index (χ0n) is 14.2. The first-order valence-corrected chi connectivity index (χ1v) is 8.67. The van der Waals surface area contributed by atoms with Crippen LogP contribution in [0.25, 0.3) is 0 Å². The first-order valence-electron chi connectivity index (χ1n) is 8.29. The van der Waals surface area contributed by atoms with Gasteiger partial charge in [0.2, 0.25) is 0 Å². The number of esters is 1. The molecule has 0 bridgehead atoms. The smallest absolute Gasteiger partial charge is 0.322 e. The van der Waals surface area contributed by atoms with E-state index in [1.807, 2.05) is 25.8 Å². The van der Waals surface area contributed by atoms with Crippen LogP contribution in [0, 0.1) is 13.8 Å². The van der Waals surface area contributed by atoms with Gasteiger partial charge in [0.1, 0.15) is 5.92 Å². The number of hydrogen-bond donors (Lipinski definition) is 0. The average molecular weight is 352 g/mol. The fraction of sp³-hybridized carbons (Fsp3) is 0.556. The Bertz CT molecular complexity index is 657. The van der Waals surface area contributed by atoms with Crippen LogP contribution in [0.15, 0.2) is 12.1 Å². The molecule has 1 aromatic rings. The van der Waals surface area contributed by atoms with Crippen LogP contribution in [0.2, 0.25) is 5.02 Å². The number of carbonyl (C=O) groups is 2. The van der Waals surface area contributed by atoms with Gasteiger partial charge < -0.3 is 4.74 Å². The molecule has 0 radical (unpaired) electrons. The summed E-state index contributed by atoms with van der Waals surface area (Å²) in [5, 5.41) is 2.44. The Morgan fingerprint density at radius 1 is 1.25 bits per heavy atom. The van der Waals surface area contributed by atoms with Crippen molar-refractivity contribution < 1.29 is 19.2 Å². The highest BCUT2D eigenvalue weighted by molar-refractivity contribution is 6.30. The molecule has 6 heteroatoms. The van der Waals surface area contributed by atoms with Gasteiger partial charge in [0.05, 0.1) is 6.61 Å². The number of aryl methyl sites for hydroxylation is 2. The summed E-state index contributed by atoms with van der Waals surface area (Å²) in [6, 6.07) is 3.57. The number of halogens is 1. The summed E-state index contributed by atoms with van der Waals surface area (Å²) in [5.74, 6) is -1.42. The van der Waals surface area contributed by atoms with E-state index in [9.17, 15) is 9.59 Å². The number of ketones is 1. The first-order chi connectivity index (χ1) is 11.4. The van der Waals surface area contributed by atoms with Gasteiger partial charge in [-0.1, -0.05) is 11.6 Å². The molecule has 3 rings (SSSR count). The van der Waals surface area contributed by atoms with Crippen molar-refractivity contribution >= 4 is 23.4 Å². The third kappa shape index (κ3) is 2.85. The molecule has 0 amide bonds. The Hall–Kier alpha value is -1.43. The molecule has 0 saturated carbocycles. The van der Waals surface area contributed by atoms with E-state index in [0.29, 0.717) is 37.6 Å². The van der Waals surface area contributed by atoms with Gasteiger partial charge in [-0.25, -0.2) is 0 Å². The number of ether oxygens (including phenoxy) is 1. The largest absolute Gasteiger partial charge is 0.450 e. The lowest BCUT2D eigenvalue weighted by Gasteiger charge is -2.35. The SMILES string of the molecule is CCON1CCC2(CC1)OC(=O)C(c1c(C)cc(Cl)cc1C)C2=O. The van der Waals surface area contributed by atoms with Gasteiger partial charge in [-0.2, -0.15) is 5.06 Å². The second-order valence-electron chi connectivity index (χ2n) is 6.51. The second-order valence-corrected chi connectivity index (χ2v) is 6.95. The predicted octanol–water partition coefficient (Wildman–Crippen LogP) is 2.95. The van der Waals surface area contributed by atoms with Gasteiger partial charge in [0.15, 0.2) is 11.4 Å². The van der Waals surface area contributed by atoms with Crippen molar-refractivity contribution in [2.75, 3.05) is 19.7 Å². The molecular weight excluding hydrogens is 330 g/mol. The average Bonchev–Trinajstić information content (AvgIpc) is 2.74. The molecule has 2 fully saturated rings. The van der Waals surface area contributed by atoms with E-state index in [-0.39, 0.29) is 5.78 Å². The standard InChI is InChI=1S/C18H22ClNO4/c1-4-23-20-7-5-18(6-8-20)16(21)15(17(22)24-18)14-11(2)9-13(19)10-12(14)3/h9-10,15H,4-8H2,1-3H3. The maximum absolute atomic E-state index is 13.1. The molecule has 1 atom stereocenters. The van der Waals surface area contributed by atoms with Crippen molar-refractivity contribution in [2.24, 2.45) is 0 Å². The van der Waals surface area contributed by atoms with Crippen molar-refractivity contribution in [2.45, 2.75) is 45.1 Å². The van der Waals surface area contributed by atoms with Crippen LogP contribution in [0.3, 0.4) is 0 Å². The van der Waals surface area contributed by atoms with E-state index in [0.717, 1.165) is 16.7 Å². The maximum atomic E-state index is 13.1. The number of nitrogens with zero attached hydrogens (tertiary/aromatic N) is 1. The van der Waals surface area contributed by atoms with Gasteiger partial charge in [0, 0.05) is 31.0 Å². The summed E-state index contributed by atoms with van der Waals surface area (Å²) < 4.78 is 5.63. The summed E-state index contributed by atoms with van der Waals surface area (Å²) in [6.45, 7) is 7.42. The topological polar surface area (TPSA) is 55.8 Å². The molecule has 2 heterocycles. The number of benzene rings is 1. The molecule has 24 heavy (non-hydrogen) atoms. The van der Waals surface area contributed by atoms with Crippen molar-refractivity contribution in [3.05, 3.63) is 33.8 Å². The van der Waals surface area contributed by atoms with E-state index in [2.05, 4.69) is 0 Å². The Kier molecular flexibility index (Phi) is 4.69. The summed E-state index contributed by atoms with van der Waals surface area (Å²) in [6.07, 6.45) is 0.944. The zero-order valence-corrected chi connectivity index (χ0v) is 15.0. The van der Waals surface area contributed by atoms with Crippen molar-refractivity contribution in [1.29, 1.82) is 0 Å². The van der Waals surface area contributed by atoms with E-state index in [1.54, 1.807) is 12.1 Å². The van der Waals surface area contributed by atoms with Crippen molar-refractivity contribution in [1.82, 2.24) is 5.06 Å². The molecule has 0 N–H and O–H groups in total. The number of hydrogen-bond acceptors (Lipinski definition) is 5. The third-order valence-corrected chi connectivity index (χ3v) is 5.15. The van der Waals surface area contributed by atoms with Gasteiger partial charge in [-0.05, 0) is 49.6 Å². The summed E-state index contributed by atoms with van der Waals surface area (Å²) in [4.78, 5) is 31.1. The van der Waals surface area contributed by atoms with Gasteiger partial charge >= 0.3 is 5.97 Å². The molecule has 2 saturated heterocycles. The normalized spacial score (nSPS) is 23.8. The van der Waals surface area contributed by atoms with E-state index in [1.165, 1.54) is 0 Å². The molecule has 2 aliphatic heterocycles. The summed E-state index contributed by atoms with van der Waals surface area (Å²) in [5.41, 5.74) is 1.42. The van der Waals surface area contributed by atoms with Gasteiger partial charge in [0.25, 0.3) is 0 Å². The van der Waals surface area contributed by atoms with Crippen LogP contribution in [0.4, 0.5) is 0 Å².